The molecule has 5 heteroatoms. The molecular formula is C12H20FN3O. The highest BCUT2D eigenvalue weighted by molar-refractivity contribution is 5.39. The summed E-state index contributed by atoms with van der Waals surface area (Å²) in [6.07, 6.45) is 1.39. The van der Waals surface area contributed by atoms with Gasteiger partial charge in [-0.15, -0.1) is 0 Å². The molecule has 1 aromatic heterocycles. The van der Waals surface area contributed by atoms with Crippen molar-refractivity contribution < 1.29 is 9.13 Å². The zero-order chi connectivity index (χ0) is 12.8. The molecule has 0 atom stereocenters. The molecule has 4 nitrogen and oxygen atoms in total. The minimum absolute atomic E-state index is 0.0613. The van der Waals surface area contributed by atoms with E-state index in [0.717, 1.165) is 0 Å². The molecule has 0 bridgehead atoms. The van der Waals surface area contributed by atoms with Crippen LogP contribution in [0.4, 0.5) is 10.2 Å². The minimum atomic E-state index is -0.348. The van der Waals surface area contributed by atoms with Crippen molar-refractivity contribution in [2.24, 2.45) is 0 Å². The van der Waals surface area contributed by atoms with Crippen molar-refractivity contribution in [2.75, 3.05) is 18.5 Å². The molecule has 2 rings (SSSR count). The van der Waals surface area contributed by atoms with Crippen LogP contribution in [0.3, 0.4) is 0 Å². The third-order valence-electron chi connectivity index (χ3n) is 2.34. The summed E-state index contributed by atoms with van der Waals surface area (Å²) in [6, 6.07) is 0.175. The monoisotopic (exact) mass is 241 g/mol. The van der Waals surface area contributed by atoms with Crippen molar-refractivity contribution >= 4 is 5.82 Å². The quantitative estimate of drug-likeness (QED) is 0.883. The minimum Gasteiger partial charge on any atom is -0.377 e. The summed E-state index contributed by atoms with van der Waals surface area (Å²) in [4.78, 5) is 7.82. The molecule has 1 saturated heterocycles. The zero-order valence-corrected chi connectivity index (χ0v) is 10.8. The number of anilines is 1. The third kappa shape index (κ3) is 3.36. The van der Waals surface area contributed by atoms with Gasteiger partial charge in [0.15, 0.2) is 11.6 Å². The first-order valence-electron chi connectivity index (χ1n) is 6.03. The smallest absolute Gasteiger partial charge is 0.187 e. The van der Waals surface area contributed by atoms with Crippen molar-refractivity contribution in [1.82, 2.24) is 9.97 Å². The second-order valence-corrected chi connectivity index (χ2v) is 3.95. The average Bonchev–Trinajstić information content (AvgIpc) is 2.27. The first-order chi connectivity index (χ1) is 8.18. The number of nitrogens with zero attached hydrogens (tertiary/aromatic N) is 2. The van der Waals surface area contributed by atoms with Crippen LogP contribution in [0, 0.1) is 5.82 Å². The molecule has 0 saturated carbocycles. The van der Waals surface area contributed by atoms with Gasteiger partial charge in [-0.2, -0.15) is 0 Å². The molecule has 1 aliphatic rings. The van der Waals surface area contributed by atoms with Gasteiger partial charge in [0, 0.05) is 0 Å². The van der Waals surface area contributed by atoms with Crippen LogP contribution in [0.15, 0.2) is 6.33 Å². The summed E-state index contributed by atoms with van der Waals surface area (Å²) < 4.78 is 18.8. The van der Waals surface area contributed by atoms with E-state index in [1.165, 1.54) is 6.33 Å². The van der Waals surface area contributed by atoms with Crippen molar-refractivity contribution in [3.05, 3.63) is 17.8 Å². The summed E-state index contributed by atoms with van der Waals surface area (Å²) in [5.41, 5.74) is 0.452. The highest BCUT2D eigenvalue weighted by Crippen LogP contribution is 2.21. The summed E-state index contributed by atoms with van der Waals surface area (Å²) in [7, 11) is 0. The fourth-order valence-electron chi connectivity index (χ4n) is 1.40. The van der Waals surface area contributed by atoms with Crippen LogP contribution in [-0.2, 0) is 4.74 Å². The normalized spacial score (nSPS) is 14.9. The first kappa shape index (κ1) is 13.8. The maximum Gasteiger partial charge on any atom is 0.187 e. The van der Waals surface area contributed by atoms with Crippen molar-refractivity contribution in [2.45, 2.75) is 39.7 Å². The lowest BCUT2D eigenvalue weighted by Crippen LogP contribution is -2.40. The standard InChI is InChI=1S/C10H14FN3O.C2H6/c1-6(2)9-8(11)10(13-5-12-9)14-7-3-15-4-7;1-2/h5-7H,3-4H2,1-2H3,(H,12,13,14);1-2H3. The molecule has 2 heterocycles. The van der Waals surface area contributed by atoms with Crippen LogP contribution < -0.4 is 5.32 Å². The second kappa shape index (κ2) is 6.49. The third-order valence-corrected chi connectivity index (χ3v) is 2.34. The van der Waals surface area contributed by atoms with Crippen LogP contribution in [-0.4, -0.2) is 29.2 Å². The van der Waals surface area contributed by atoms with Gasteiger partial charge in [0.25, 0.3) is 0 Å². The number of hydrogen-bond donors (Lipinski definition) is 1. The van der Waals surface area contributed by atoms with Crippen LogP contribution in [0.2, 0.25) is 0 Å². The number of aromatic nitrogens is 2. The Morgan fingerprint density at radius 3 is 2.47 bits per heavy atom. The van der Waals surface area contributed by atoms with E-state index >= 15 is 0 Å². The summed E-state index contributed by atoms with van der Waals surface area (Å²) in [5.74, 6) is -0.00686. The Bertz CT molecular complexity index is 354. The number of hydrogen-bond acceptors (Lipinski definition) is 4. The Kier molecular flexibility index (Phi) is 5.28. The number of ether oxygens (including phenoxy) is 1. The predicted molar refractivity (Wildman–Crippen MR) is 65.7 cm³/mol. The van der Waals surface area contributed by atoms with Crippen molar-refractivity contribution in [3.8, 4) is 0 Å². The lowest BCUT2D eigenvalue weighted by Gasteiger charge is -2.27. The molecule has 1 fully saturated rings. The van der Waals surface area contributed by atoms with Gasteiger partial charge in [-0.3, -0.25) is 0 Å². The van der Waals surface area contributed by atoms with E-state index < -0.39 is 0 Å². The summed E-state index contributed by atoms with van der Waals surface area (Å²) in [5, 5.41) is 2.99. The number of nitrogens with one attached hydrogen (secondary N) is 1. The highest BCUT2D eigenvalue weighted by Gasteiger charge is 2.21. The molecule has 0 unspecified atom stereocenters. The van der Waals surface area contributed by atoms with Gasteiger partial charge in [0.2, 0.25) is 0 Å². The summed E-state index contributed by atoms with van der Waals surface area (Å²) >= 11 is 0. The fraction of sp³-hybridized carbons (Fsp3) is 0.667. The van der Waals surface area contributed by atoms with Gasteiger partial charge in [-0.1, -0.05) is 27.7 Å². The summed E-state index contributed by atoms with van der Waals surface area (Å²) in [6.45, 7) is 9.03. The molecule has 1 aliphatic heterocycles. The molecule has 1 aromatic rings. The van der Waals surface area contributed by atoms with E-state index in [2.05, 4.69) is 15.3 Å². The van der Waals surface area contributed by atoms with E-state index in [1.807, 2.05) is 27.7 Å². The second-order valence-electron chi connectivity index (χ2n) is 3.95. The van der Waals surface area contributed by atoms with E-state index in [4.69, 9.17) is 4.74 Å². The Labute approximate surface area is 102 Å². The molecule has 0 amide bonds. The molecule has 0 spiro atoms. The Morgan fingerprint density at radius 1 is 1.35 bits per heavy atom. The molecule has 0 aromatic carbocycles. The maximum atomic E-state index is 13.8. The average molecular weight is 241 g/mol. The molecule has 0 aliphatic carbocycles. The SMILES string of the molecule is CC.CC(C)c1ncnc(NC2COC2)c1F. The lowest BCUT2D eigenvalue weighted by molar-refractivity contribution is 0.0208. The van der Waals surface area contributed by atoms with E-state index in [1.54, 1.807) is 0 Å². The van der Waals surface area contributed by atoms with E-state index in [-0.39, 0.29) is 23.6 Å². The Hall–Kier alpha value is -1.23. The number of rotatable bonds is 3. The molecule has 17 heavy (non-hydrogen) atoms. The number of halogens is 1. The van der Waals surface area contributed by atoms with Gasteiger partial charge in [0.05, 0.1) is 24.9 Å². The molecule has 96 valence electrons. The molecule has 0 radical (unpaired) electrons. The van der Waals surface area contributed by atoms with Gasteiger partial charge >= 0.3 is 0 Å². The maximum absolute atomic E-state index is 13.8. The fourth-order valence-corrected chi connectivity index (χ4v) is 1.40. The Balaban J connectivity index is 0.000000686. The van der Waals surface area contributed by atoms with E-state index in [0.29, 0.717) is 18.9 Å². The molecule has 1 N–H and O–H groups in total. The van der Waals surface area contributed by atoms with Crippen molar-refractivity contribution in [1.29, 1.82) is 0 Å². The largest absolute Gasteiger partial charge is 0.377 e. The van der Waals surface area contributed by atoms with Gasteiger partial charge in [-0.05, 0) is 5.92 Å². The van der Waals surface area contributed by atoms with Crippen LogP contribution >= 0.6 is 0 Å². The van der Waals surface area contributed by atoms with Gasteiger partial charge < -0.3 is 10.1 Å². The highest BCUT2D eigenvalue weighted by atomic mass is 19.1. The Morgan fingerprint density at radius 2 is 2.00 bits per heavy atom. The van der Waals surface area contributed by atoms with Gasteiger partial charge in [-0.25, -0.2) is 14.4 Å². The van der Waals surface area contributed by atoms with E-state index in [9.17, 15) is 4.39 Å². The van der Waals surface area contributed by atoms with Crippen LogP contribution in [0.5, 0.6) is 0 Å². The topological polar surface area (TPSA) is 47.0 Å². The first-order valence-corrected chi connectivity index (χ1v) is 6.03. The van der Waals surface area contributed by atoms with Gasteiger partial charge in [0.1, 0.15) is 6.33 Å². The van der Waals surface area contributed by atoms with Crippen molar-refractivity contribution in [3.63, 3.8) is 0 Å². The van der Waals surface area contributed by atoms with Crippen LogP contribution in [0.1, 0.15) is 39.3 Å². The lowest BCUT2D eigenvalue weighted by atomic mass is 10.1. The molecular weight excluding hydrogens is 221 g/mol. The predicted octanol–water partition coefficient (Wildman–Crippen LogP) is 2.58. The zero-order valence-electron chi connectivity index (χ0n) is 10.8. The van der Waals surface area contributed by atoms with Crippen LogP contribution in [0.25, 0.3) is 0 Å².